The van der Waals surface area contributed by atoms with Crippen LogP contribution in [-0.4, -0.2) is 28.3 Å². The van der Waals surface area contributed by atoms with Gasteiger partial charge in [-0.3, -0.25) is 5.10 Å². The van der Waals surface area contributed by atoms with Crippen LogP contribution in [0.15, 0.2) is 53.9 Å². The summed E-state index contributed by atoms with van der Waals surface area (Å²) < 4.78 is 0. The number of aromatic nitrogens is 3. The first-order chi connectivity index (χ1) is 14.7. The summed E-state index contributed by atoms with van der Waals surface area (Å²) in [5.41, 5.74) is 5.56. The Kier molecular flexibility index (Phi) is 5.15. The number of H-pyrrole nitrogens is 2. The third-order valence-electron chi connectivity index (χ3n) is 6.02. The summed E-state index contributed by atoms with van der Waals surface area (Å²) in [5, 5.41) is 16.8. The molecular formula is C25H26N4S. The first-order valence-electron chi connectivity index (χ1n) is 10.5. The molecule has 1 aliphatic heterocycles. The number of nitrogens with zero attached hydrogens (tertiary/aromatic N) is 1. The Bertz CT molecular complexity index is 1300. The minimum absolute atomic E-state index is 0.534. The largest absolute Gasteiger partial charge is 0.353 e. The second-order valence-corrected chi connectivity index (χ2v) is 8.81. The van der Waals surface area contributed by atoms with E-state index >= 15 is 0 Å². The van der Waals surface area contributed by atoms with Gasteiger partial charge in [-0.15, -0.1) is 11.3 Å². The zero-order valence-electron chi connectivity index (χ0n) is 17.2. The molecule has 0 amide bonds. The van der Waals surface area contributed by atoms with Crippen LogP contribution >= 0.6 is 11.3 Å². The lowest BCUT2D eigenvalue weighted by atomic mass is 9.90. The van der Waals surface area contributed by atoms with Crippen molar-refractivity contribution in [1.82, 2.24) is 20.5 Å². The van der Waals surface area contributed by atoms with E-state index in [4.69, 9.17) is 0 Å². The molecule has 0 aliphatic carbocycles. The van der Waals surface area contributed by atoms with Gasteiger partial charge >= 0.3 is 0 Å². The summed E-state index contributed by atoms with van der Waals surface area (Å²) in [6, 6.07) is 12.9. The molecule has 1 saturated heterocycles. The van der Waals surface area contributed by atoms with E-state index in [-0.39, 0.29) is 0 Å². The number of rotatable bonds is 4. The maximum Gasteiger partial charge on any atom is 0.116 e. The molecule has 0 radical (unpaired) electrons. The van der Waals surface area contributed by atoms with Crippen molar-refractivity contribution in [2.24, 2.45) is 5.92 Å². The molecule has 5 rings (SSSR count). The highest BCUT2D eigenvalue weighted by atomic mass is 32.1. The summed E-state index contributed by atoms with van der Waals surface area (Å²) in [5.74, 6) is 0.534. The van der Waals surface area contributed by atoms with Crippen LogP contribution in [0.5, 0.6) is 0 Å². The van der Waals surface area contributed by atoms with E-state index in [2.05, 4.69) is 81.0 Å². The first kappa shape index (κ1) is 19.1. The molecular weight excluding hydrogens is 388 g/mol. The molecule has 3 aromatic heterocycles. The Morgan fingerprint density at radius 3 is 2.83 bits per heavy atom. The van der Waals surface area contributed by atoms with Crippen molar-refractivity contribution in [3.63, 3.8) is 0 Å². The van der Waals surface area contributed by atoms with E-state index < -0.39 is 0 Å². The molecule has 1 fully saturated rings. The van der Waals surface area contributed by atoms with Crippen LogP contribution in [0, 0.1) is 5.92 Å². The molecule has 5 heteroatoms. The number of hydrogen-bond acceptors (Lipinski definition) is 3. The summed E-state index contributed by atoms with van der Waals surface area (Å²) >= 11 is 1.77. The molecule has 0 bridgehead atoms. The molecule has 0 spiro atoms. The van der Waals surface area contributed by atoms with Gasteiger partial charge in [0.25, 0.3) is 0 Å². The van der Waals surface area contributed by atoms with Gasteiger partial charge < -0.3 is 10.3 Å². The fourth-order valence-corrected chi connectivity index (χ4v) is 5.13. The molecule has 0 unspecified atom stereocenters. The van der Waals surface area contributed by atoms with Crippen molar-refractivity contribution in [1.29, 1.82) is 0 Å². The Morgan fingerprint density at radius 2 is 2.07 bits per heavy atom. The highest BCUT2D eigenvalue weighted by Crippen LogP contribution is 2.33. The quantitative estimate of drug-likeness (QED) is 0.463. The van der Waals surface area contributed by atoms with Crippen molar-refractivity contribution >= 4 is 34.4 Å². The van der Waals surface area contributed by atoms with Gasteiger partial charge in [0.05, 0.1) is 11.0 Å². The van der Waals surface area contributed by atoms with Crippen LogP contribution in [0.3, 0.4) is 0 Å². The van der Waals surface area contributed by atoms with Gasteiger partial charge in [-0.1, -0.05) is 36.4 Å². The molecule has 0 atom stereocenters. The Hall–Kier alpha value is -2.89. The van der Waals surface area contributed by atoms with Crippen LogP contribution < -0.4 is 15.9 Å². The third-order valence-corrected chi connectivity index (χ3v) is 6.92. The van der Waals surface area contributed by atoms with E-state index in [1.807, 2.05) is 6.92 Å². The Balaban J connectivity index is 1.62. The molecule has 152 valence electrons. The fraction of sp³-hybridized carbons (Fsp3) is 0.240. The number of fused-ring (bicyclic) bond motifs is 1. The predicted molar refractivity (Wildman–Crippen MR) is 128 cm³/mol. The molecule has 4 nitrogen and oxygen atoms in total. The van der Waals surface area contributed by atoms with E-state index in [9.17, 15) is 0 Å². The molecule has 0 saturated carbocycles. The van der Waals surface area contributed by atoms with Crippen LogP contribution in [0.4, 0.5) is 0 Å². The average Bonchev–Trinajstić information content (AvgIpc) is 3.53. The standard InChI is InChI=1S/C25H26N4S/c1-3-21-20(14-16(2)17-9-11-26-12-10-17)25(29-28-21)23-15-19-18(24-8-5-13-30-24)6-4-7-22(19)27-23/h3-8,13-15,17,26-28H,2,9-12H2,1H3/b20-14+,21-3+. The Labute approximate surface area is 180 Å². The number of hydrogen-bond donors (Lipinski definition) is 3. The first-order valence-corrected chi connectivity index (χ1v) is 11.4. The summed E-state index contributed by atoms with van der Waals surface area (Å²) in [7, 11) is 0. The number of benzene rings is 1. The number of allylic oxidation sites excluding steroid dienone is 1. The number of nitrogens with one attached hydrogen (secondary N) is 3. The van der Waals surface area contributed by atoms with Gasteiger partial charge in [0, 0.05) is 26.6 Å². The molecule has 4 aromatic rings. The maximum atomic E-state index is 4.67. The zero-order valence-corrected chi connectivity index (χ0v) is 18.0. The van der Waals surface area contributed by atoms with E-state index in [0.29, 0.717) is 5.92 Å². The molecule has 30 heavy (non-hydrogen) atoms. The van der Waals surface area contributed by atoms with Crippen molar-refractivity contribution < 1.29 is 0 Å². The zero-order chi connectivity index (χ0) is 20.5. The molecule has 3 N–H and O–H groups in total. The lowest BCUT2D eigenvalue weighted by molar-refractivity contribution is 0.428. The van der Waals surface area contributed by atoms with Crippen LogP contribution in [-0.2, 0) is 0 Å². The van der Waals surface area contributed by atoms with Gasteiger partial charge in [-0.2, -0.15) is 5.10 Å². The van der Waals surface area contributed by atoms with Crippen LogP contribution in [0.1, 0.15) is 19.8 Å². The second-order valence-electron chi connectivity index (χ2n) is 7.86. The topological polar surface area (TPSA) is 56.5 Å². The second kappa shape index (κ2) is 8.09. The van der Waals surface area contributed by atoms with Crippen LogP contribution in [0.25, 0.3) is 44.9 Å². The van der Waals surface area contributed by atoms with Crippen molar-refractivity contribution in [2.75, 3.05) is 13.1 Å². The summed E-state index contributed by atoms with van der Waals surface area (Å²) in [6.07, 6.45) is 6.60. The van der Waals surface area contributed by atoms with Crippen molar-refractivity contribution in [2.45, 2.75) is 19.8 Å². The van der Waals surface area contributed by atoms with E-state index in [1.54, 1.807) is 11.3 Å². The highest BCUT2D eigenvalue weighted by molar-refractivity contribution is 7.13. The van der Waals surface area contributed by atoms with Gasteiger partial charge in [0.1, 0.15) is 5.69 Å². The number of thiophene rings is 1. The minimum atomic E-state index is 0.534. The van der Waals surface area contributed by atoms with Gasteiger partial charge in [0.15, 0.2) is 0 Å². The smallest absolute Gasteiger partial charge is 0.116 e. The van der Waals surface area contributed by atoms with E-state index in [1.165, 1.54) is 21.4 Å². The molecule has 4 heterocycles. The summed E-state index contributed by atoms with van der Waals surface area (Å²) in [6.45, 7) is 8.58. The summed E-state index contributed by atoms with van der Waals surface area (Å²) in [4.78, 5) is 4.87. The molecule has 1 aliphatic rings. The minimum Gasteiger partial charge on any atom is -0.353 e. The van der Waals surface area contributed by atoms with Crippen molar-refractivity contribution in [3.8, 4) is 21.8 Å². The lowest BCUT2D eigenvalue weighted by Crippen LogP contribution is -2.29. The Morgan fingerprint density at radius 1 is 1.20 bits per heavy atom. The van der Waals surface area contributed by atoms with Crippen LogP contribution in [0.2, 0.25) is 0 Å². The van der Waals surface area contributed by atoms with Gasteiger partial charge in [-0.05, 0) is 68.4 Å². The van der Waals surface area contributed by atoms with E-state index in [0.717, 1.165) is 53.4 Å². The number of piperidine rings is 1. The fourth-order valence-electron chi connectivity index (χ4n) is 4.36. The van der Waals surface area contributed by atoms with Gasteiger partial charge in [-0.25, -0.2) is 0 Å². The lowest BCUT2D eigenvalue weighted by Gasteiger charge is -2.22. The average molecular weight is 415 g/mol. The molecule has 1 aromatic carbocycles. The number of aromatic amines is 2. The normalized spacial score (nSPS) is 16.6. The maximum absolute atomic E-state index is 4.67. The third kappa shape index (κ3) is 3.44. The highest BCUT2D eigenvalue weighted by Gasteiger charge is 2.16. The van der Waals surface area contributed by atoms with Gasteiger partial charge in [0.2, 0.25) is 0 Å². The monoisotopic (exact) mass is 414 g/mol. The predicted octanol–water partition coefficient (Wildman–Crippen LogP) is 4.42. The SMILES string of the molecule is C=C(/C=c1/c(-c2cc3c(-c4cccs4)cccc3[nH]2)n[nH]/c1=C/C)C1CCNCC1. The van der Waals surface area contributed by atoms with Crippen molar-refractivity contribution in [3.05, 3.63) is 64.5 Å².